The molecule has 0 unspecified atom stereocenters. The molecule has 0 aliphatic carbocycles. The van der Waals surface area contributed by atoms with Gasteiger partial charge in [0.1, 0.15) is 6.33 Å². The Morgan fingerprint density at radius 2 is 2.09 bits per heavy atom. The first kappa shape index (κ1) is 18.4. The van der Waals surface area contributed by atoms with Gasteiger partial charge in [0, 0.05) is 22.6 Å². The quantitative estimate of drug-likeness (QED) is 0.636. The molecule has 0 spiro atoms. The summed E-state index contributed by atoms with van der Waals surface area (Å²) in [6.07, 6.45) is 1.63. The largest absolute Gasteiger partial charge is 0.383 e. The molecule has 0 aliphatic heterocycles. The molecule has 1 aromatic carbocycles. The summed E-state index contributed by atoms with van der Waals surface area (Å²) in [5, 5.41) is 11.5. The molecule has 2 rings (SSSR count). The van der Waals surface area contributed by atoms with Gasteiger partial charge in [-0.25, -0.2) is 0 Å². The highest BCUT2D eigenvalue weighted by Crippen LogP contribution is 2.32. The molecule has 6 nitrogen and oxygen atoms in total. The summed E-state index contributed by atoms with van der Waals surface area (Å²) >= 11 is 8.27. The minimum absolute atomic E-state index is 0.110. The van der Waals surface area contributed by atoms with Crippen molar-refractivity contribution in [2.24, 2.45) is 0 Å². The van der Waals surface area contributed by atoms with E-state index in [9.17, 15) is 4.79 Å². The summed E-state index contributed by atoms with van der Waals surface area (Å²) in [6.45, 7) is 3.22. The Morgan fingerprint density at radius 3 is 2.74 bits per heavy atom. The topological polar surface area (TPSA) is 69.0 Å². The third-order valence-corrected chi connectivity index (χ3v) is 5.13. The van der Waals surface area contributed by atoms with Gasteiger partial charge in [0.2, 0.25) is 5.91 Å². The molecule has 0 atom stereocenters. The number of rotatable bonds is 7. The number of aryl methyl sites for hydroxylation is 1. The molecule has 0 fully saturated rings. The van der Waals surface area contributed by atoms with Crippen molar-refractivity contribution in [1.82, 2.24) is 14.8 Å². The van der Waals surface area contributed by atoms with Crippen molar-refractivity contribution in [3.63, 3.8) is 0 Å². The van der Waals surface area contributed by atoms with Crippen LogP contribution in [0.25, 0.3) is 0 Å². The SMILES string of the molecule is COCCn1cnnc1SCC(=O)Nc1c(Br)cc(C)cc1Br. The monoisotopic (exact) mass is 462 g/mol. The van der Waals surface area contributed by atoms with E-state index in [1.54, 1.807) is 13.4 Å². The Bertz CT molecular complexity index is 670. The second-order valence-corrected chi connectivity index (χ2v) is 7.39. The maximum Gasteiger partial charge on any atom is 0.234 e. The number of halogens is 2. The van der Waals surface area contributed by atoms with Crippen molar-refractivity contribution in [3.05, 3.63) is 33.0 Å². The highest BCUT2D eigenvalue weighted by atomic mass is 79.9. The summed E-state index contributed by atoms with van der Waals surface area (Å²) in [6, 6.07) is 3.91. The summed E-state index contributed by atoms with van der Waals surface area (Å²) in [5.41, 5.74) is 1.82. The summed E-state index contributed by atoms with van der Waals surface area (Å²) in [7, 11) is 1.64. The minimum atomic E-state index is -0.110. The number of aromatic nitrogens is 3. The lowest BCUT2D eigenvalue weighted by atomic mass is 10.2. The van der Waals surface area contributed by atoms with E-state index in [2.05, 4.69) is 47.4 Å². The lowest BCUT2D eigenvalue weighted by Gasteiger charge is -2.11. The van der Waals surface area contributed by atoms with E-state index < -0.39 is 0 Å². The number of hydrogen-bond acceptors (Lipinski definition) is 5. The molecule has 0 saturated heterocycles. The van der Waals surface area contributed by atoms with Gasteiger partial charge in [-0.1, -0.05) is 11.8 Å². The molecule has 1 heterocycles. The number of hydrogen-bond donors (Lipinski definition) is 1. The van der Waals surface area contributed by atoms with Gasteiger partial charge >= 0.3 is 0 Å². The van der Waals surface area contributed by atoms with E-state index in [0.717, 1.165) is 20.2 Å². The van der Waals surface area contributed by atoms with Gasteiger partial charge in [-0.2, -0.15) is 0 Å². The number of thioether (sulfide) groups is 1. The molecule has 23 heavy (non-hydrogen) atoms. The second kappa shape index (κ2) is 8.81. The minimum Gasteiger partial charge on any atom is -0.383 e. The fourth-order valence-electron chi connectivity index (χ4n) is 1.82. The normalized spacial score (nSPS) is 10.8. The predicted molar refractivity (Wildman–Crippen MR) is 97.8 cm³/mol. The fraction of sp³-hybridized carbons (Fsp3) is 0.357. The molecule has 1 aromatic heterocycles. The van der Waals surface area contributed by atoms with Gasteiger partial charge in [-0.3, -0.25) is 4.79 Å². The summed E-state index contributed by atoms with van der Waals surface area (Å²) < 4.78 is 8.57. The number of carbonyl (C=O) groups excluding carboxylic acids is 1. The van der Waals surface area contributed by atoms with E-state index in [1.165, 1.54) is 11.8 Å². The maximum absolute atomic E-state index is 12.2. The van der Waals surface area contributed by atoms with Gasteiger partial charge < -0.3 is 14.6 Å². The molecule has 0 aliphatic rings. The number of benzene rings is 1. The van der Waals surface area contributed by atoms with Crippen LogP contribution in [0.3, 0.4) is 0 Å². The Labute approximate surface area is 155 Å². The maximum atomic E-state index is 12.2. The highest BCUT2D eigenvalue weighted by molar-refractivity contribution is 9.11. The number of ether oxygens (including phenoxy) is 1. The van der Waals surface area contributed by atoms with Crippen molar-refractivity contribution < 1.29 is 9.53 Å². The second-order valence-electron chi connectivity index (χ2n) is 4.74. The van der Waals surface area contributed by atoms with Crippen LogP contribution in [0.5, 0.6) is 0 Å². The zero-order chi connectivity index (χ0) is 16.8. The fourth-order valence-corrected chi connectivity index (χ4v) is 4.18. The van der Waals surface area contributed by atoms with Crippen LogP contribution in [0.2, 0.25) is 0 Å². The van der Waals surface area contributed by atoms with Gasteiger partial charge in [-0.05, 0) is 56.5 Å². The molecule has 2 aromatic rings. The van der Waals surface area contributed by atoms with Crippen LogP contribution in [0, 0.1) is 6.92 Å². The number of nitrogens with zero attached hydrogens (tertiary/aromatic N) is 3. The van der Waals surface area contributed by atoms with Crippen LogP contribution in [0.1, 0.15) is 5.56 Å². The average Bonchev–Trinajstić information content (AvgIpc) is 2.94. The number of anilines is 1. The van der Waals surface area contributed by atoms with E-state index >= 15 is 0 Å². The number of carbonyl (C=O) groups is 1. The standard InChI is InChI=1S/C14H16Br2N4O2S/c1-9-5-10(15)13(11(16)6-9)18-12(21)7-23-14-19-17-8-20(14)3-4-22-2/h5-6,8H,3-4,7H2,1-2H3,(H,18,21). The Balaban J connectivity index is 1.95. The zero-order valence-electron chi connectivity index (χ0n) is 12.7. The molecular formula is C14H16Br2N4O2S. The summed E-state index contributed by atoms with van der Waals surface area (Å²) in [5.74, 6) is 0.139. The average molecular weight is 464 g/mol. The van der Waals surface area contributed by atoms with E-state index in [-0.39, 0.29) is 11.7 Å². The van der Waals surface area contributed by atoms with Crippen molar-refractivity contribution in [3.8, 4) is 0 Å². The number of methoxy groups -OCH3 is 1. The first-order valence-electron chi connectivity index (χ1n) is 6.76. The molecule has 9 heteroatoms. The van der Waals surface area contributed by atoms with Crippen LogP contribution in [-0.2, 0) is 16.1 Å². The molecule has 0 radical (unpaired) electrons. The third-order valence-electron chi connectivity index (χ3n) is 2.90. The summed E-state index contributed by atoms with van der Waals surface area (Å²) in [4.78, 5) is 12.2. The van der Waals surface area contributed by atoms with E-state index in [0.29, 0.717) is 18.3 Å². The van der Waals surface area contributed by atoms with Crippen LogP contribution >= 0.6 is 43.6 Å². The van der Waals surface area contributed by atoms with E-state index in [4.69, 9.17) is 4.74 Å². The molecular weight excluding hydrogens is 448 g/mol. The molecule has 1 amide bonds. The Morgan fingerprint density at radius 1 is 1.39 bits per heavy atom. The Kier molecular flexibility index (Phi) is 7.07. The smallest absolute Gasteiger partial charge is 0.234 e. The van der Waals surface area contributed by atoms with Crippen LogP contribution in [0.4, 0.5) is 5.69 Å². The van der Waals surface area contributed by atoms with Crippen molar-refractivity contribution in [2.45, 2.75) is 18.6 Å². The first-order chi connectivity index (χ1) is 11.0. The van der Waals surface area contributed by atoms with Gasteiger partial charge in [-0.15, -0.1) is 10.2 Å². The number of nitrogens with one attached hydrogen (secondary N) is 1. The van der Waals surface area contributed by atoms with Gasteiger partial charge in [0.25, 0.3) is 0 Å². The van der Waals surface area contributed by atoms with Crippen LogP contribution in [-0.4, -0.2) is 40.1 Å². The lowest BCUT2D eigenvalue weighted by molar-refractivity contribution is -0.113. The molecule has 0 bridgehead atoms. The van der Waals surface area contributed by atoms with Crippen LogP contribution < -0.4 is 5.32 Å². The van der Waals surface area contributed by atoms with Crippen LogP contribution in [0.15, 0.2) is 32.6 Å². The Hall–Kier alpha value is -0.900. The van der Waals surface area contributed by atoms with Gasteiger partial charge in [0.15, 0.2) is 5.16 Å². The third kappa shape index (κ3) is 5.30. The van der Waals surface area contributed by atoms with Crippen molar-refractivity contribution >= 4 is 55.2 Å². The number of amides is 1. The van der Waals surface area contributed by atoms with Crippen molar-refractivity contribution in [1.29, 1.82) is 0 Å². The first-order valence-corrected chi connectivity index (χ1v) is 9.33. The predicted octanol–water partition coefficient (Wildman–Crippen LogP) is 3.49. The zero-order valence-corrected chi connectivity index (χ0v) is 16.7. The highest BCUT2D eigenvalue weighted by Gasteiger charge is 2.12. The molecule has 124 valence electrons. The molecule has 1 N–H and O–H groups in total. The van der Waals surface area contributed by atoms with Crippen molar-refractivity contribution in [2.75, 3.05) is 24.8 Å². The van der Waals surface area contributed by atoms with E-state index in [1.807, 2.05) is 23.6 Å². The van der Waals surface area contributed by atoms with Gasteiger partial charge in [0.05, 0.1) is 18.0 Å². The lowest BCUT2D eigenvalue weighted by Crippen LogP contribution is -2.15. The molecule has 0 saturated carbocycles.